The van der Waals surface area contributed by atoms with Crippen molar-refractivity contribution in [2.45, 2.75) is 32.5 Å². The Kier molecular flexibility index (Phi) is 6.20. The van der Waals surface area contributed by atoms with E-state index in [1.165, 1.54) is 12.1 Å². The molecule has 19 heavy (non-hydrogen) atoms. The highest BCUT2D eigenvalue weighted by Gasteiger charge is 2.30. The first kappa shape index (κ1) is 16.4. The monoisotopic (exact) mass is 291 g/mol. The van der Waals surface area contributed by atoms with Crippen LogP contribution in [0.5, 0.6) is 0 Å². The molecule has 0 saturated heterocycles. The minimum absolute atomic E-state index is 0.212. The third-order valence-electron chi connectivity index (χ3n) is 3.06. The van der Waals surface area contributed by atoms with Crippen LogP contribution in [-0.2, 0) is 6.18 Å². The van der Waals surface area contributed by atoms with Crippen molar-refractivity contribution in [2.75, 3.05) is 11.5 Å². The molecule has 2 atom stereocenters. The lowest BCUT2D eigenvalue weighted by Gasteiger charge is -2.14. The van der Waals surface area contributed by atoms with E-state index >= 15 is 0 Å². The number of alkyl halides is 3. The molecule has 0 amide bonds. The summed E-state index contributed by atoms with van der Waals surface area (Å²) in [7, 11) is 0. The van der Waals surface area contributed by atoms with Crippen molar-refractivity contribution in [2.24, 2.45) is 11.7 Å². The first-order chi connectivity index (χ1) is 8.84. The van der Waals surface area contributed by atoms with Crippen molar-refractivity contribution in [1.82, 2.24) is 0 Å². The molecule has 0 bridgehead atoms. The fourth-order valence-corrected chi connectivity index (χ4v) is 2.75. The molecule has 1 aromatic rings. The van der Waals surface area contributed by atoms with Crippen LogP contribution in [0.4, 0.5) is 13.2 Å². The van der Waals surface area contributed by atoms with Crippen LogP contribution in [0, 0.1) is 5.92 Å². The largest absolute Gasteiger partial charge is 0.416 e. The summed E-state index contributed by atoms with van der Waals surface area (Å²) in [6.07, 6.45) is -3.16. The van der Waals surface area contributed by atoms with Gasteiger partial charge < -0.3 is 5.73 Å². The van der Waals surface area contributed by atoms with Gasteiger partial charge in [-0.05, 0) is 29.4 Å². The van der Waals surface area contributed by atoms with E-state index in [1.54, 1.807) is 11.8 Å². The molecule has 5 heteroatoms. The van der Waals surface area contributed by atoms with Crippen molar-refractivity contribution in [1.29, 1.82) is 0 Å². The van der Waals surface area contributed by atoms with Crippen LogP contribution in [0.1, 0.15) is 37.4 Å². The predicted octanol–water partition coefficient (Wildman–Crippen LogP) is 4.48. The van der Waals surface area contributed by atoms with E-state index in [9.17, 15) is 13.2 Å². The lowest BCUT2D eigenvalue weighted by molar-refractivity contribution is -0.137. The molecule has 0 fully saturated rings. The molecule has 108 valence electrons. The average molecular weight is 291 g/mol. The third kappa shape index (κ3) is 5.45. The third-order valence-corrected chi connectivity index (χ3v) is 4.46. The number of rotatable bonds is 6. The van der Waals surface area contributed by atoms with Crippen LogP contribution in [0.25, 0.3) is 0 Å². The number of hydrogen-bond acceptors (Lipinski definition) is 2. The zero-order valence-electron chi connectivity index (χ0n) is 11.2. The Balaban J connectivity index is 2.51. The summed E-state index contributed by atoms with van der Waals surface area (Å²) in [4.78, 5) is 0. The van der Waals surface area contributed by atoms with E-state index < -0.39 is 11.7 Å². The molecule has 2 unspecified atom stereocenters. The van der Waals surface area contributed by atoms with Gasteiger partial charge in [-0.25, -0.2) is 0 Å². The fourth-order valence-electron chi connectivity index (χ4n) is 1.53. The summed E-state index contributed by atoms with van der Waals surface area (Å²) in [6.45, 7) is 4.32. The molecule has 2 N–H and O–H groups in total. The van der Waals surface area contributed by atoms with Crippen LogP contribution in [-0.4, -0.2) is 11.5 Å². The lowest BCUT2D eigenvalue weighted by atomic mass is 10.1. The standard InChI is InChI=1S/C14H20F3NS/c1-3-10(2)8-19-9-13(18)11-4-6-12(7-5-11)14(15,16)17/h4-7,10,13H,3,8-9,18H2,1-2H3. The van der Waals surface area contributed by atoms with Gasteiger partial charge in [-0.3, -0.25) is 0 Å². The summed E-state index contributed by atoms with van der Waals surface area (Å²) >= 11 is 1.75. The summed E-state index contributed by atoms with van der Waals surface area (Å²) < 4.78 is 37.2. The molecule has 0 aromatic heterocycles. The molecule has 0 aliphatic carbocycles. The van der Waals surface area contributed by atoms with E-state index in [4.69, 9.17) is 5.73 Å². The van der Waals surface area contributed by atoms with E-state index in [0.717, 1.165) is 35.6 Å². The molecule has 1 nitrogen and oxygen atoms in total. The second-order valence-corrected chi connectivity index (χ2v) is 5.85. The number of benzene rings is 1. The number of hydrogen-bond donors (Lipinski definition) is 1. The SMILES string of the molecule is CCC(C)CSCC(N)c1ccc(C(F)(F)F)cc1. The molecular formula is C14H20F3NS. The first-order valence-corrected chi connectivity index (χ1v) is 7.50. The van der Waals surface area contributed by atoms with Gasteiger partial charge in [-0.15, -0.1) is 0 Å². The van der Waals surface area contributed by atoms with Gasteiger partial charge in [0, 0.05) is 11.8 Å². The van der Waals surface area contributed by atoms with E-state index in [0.29, 0.717) is 5.92 Å². The zero-order valence-corrected chi connectivity index (χ0v) is 12.0. The van der Waals surface area contributed by atoms with Gasteiger partial charge in [0.2, 0.25) is 0 Å². The minimum Gasteiger partial charge on any atom is -0.323 e. The highest BCUT2D eigenvalue weighted by Crippen LogP contribution is 2.30. The molecule has 0 aliphatic rings. The van der Waals surface area contributed by atoms with E-state index in [1.807, 2.05) is 0 Å². The number of halogens is 3. The smallest absolute Gasteiger partial charge is 0.323 e. The van der Waals surface area contributed by atoms with Crippen molar-refractivity contribution >= 4 is 11.8 Å². The molecule has 0 aliphatic heterocycles. The van der Waals surface area contributed by atoms with E-state index in [-0.39, 0.29) is 6.04 Å². The highest BCUT2D eigenvalue weighted by molar-refractivity contribution is 7.99. The molecular weight excluding hydrogens is 271 g/mol. The van der Waals surface area contributed by atoms with Crippen molar-refractivity contribution in [3.05, 3.63) is 35.4 Å². The lowest BCUT2D eigenvalue weighted by Crippen LogP contribution is -2.14. The second kappa shape index (κ2) is 7.20. The van der Waals surface area contributed by atoms with Crippen LogP contribution in [0.15, 0.2) is 24.3 Å². The van der Waals surface area contributed by atoms with Gasteiger partial charge in [0.25, 0.3) is 0 Å². The fraction of sp³-hybridized carbons (Fsp3) is 0.571. The summed E-state index contributed by atoms with van der Waals surface area (Å²) in [6, 6.07) is 4.91. The number of thioether (sulfide) groups is 1. The minimum atomic E-state index is -4.28. The van der Waals surface area contributed by atoms with Crippen LogP contribution in [0.3, 0.4) is 0 Å². The van der Waals surface area contributed by atoms with Crippen molar-refractivity contribution in [3.8, 4) is 0 Å². The molecule has 1 aromatic carbocycles. The second-order valence-electron chi connectivity index (χ2n) is 4.78. The Morgan fingerprint density at radius 2 is 1.74 bits per heavy atom. The van der Waals surface area contributed by atoms with Crippen LogP contribution >= 0.6 is 11.8 Å². The summed E-state index contributed by atoms with van der Waals surface area (Å²) in [5.41, 5.74) is 6.11. The maximum Gasteiger partial charge on any atom is 0.416 e. The average Bonchev–Trinajstić information content (AvgIpc) is 2.37. The van der Waals surface area contributed by atoms with Gasteiger partial charge in [-0.2, -0.15) is 24.9 Å². The highest BCUT2D eigenvalue weighted by atomic mass is 32.2. The molecule has 0 spiro atoms. The maximum absolute atomic E-state index is 12.4. The van der Waals surface area contributed by atoms with Crippen molar-refractivity contribution in [3.63, 3.8) is 0 Å². The van der Waals surface area contributed by atoms with Gasteiger partial charge >= 0.3 is 6.18 Å². The summed E-state index contributed by atoms with van der Waals surface area (Å²) in [5, 5.41) is 0. The van der Waals surface area contributed by atoms with E-state index in [2.05, 4.69) is 13.8 Å². The van der Waals surface area contributed by atoms with Gasteiger partial charge in [0.15, 0.2) is 0 Å². The Bertz CT molecular complexity index is 375. The Morgan fingerprint density at radius 1 is 1.16 bits per heavy atom. The zero-order chi connectivity index (χ0) is 14.5. The normalized spacial score (nSPS) is 15.3. The molecule has 0 heterocycles. The maximum atomic E-state index is 12.4. The topological polar surface area (TPSA) is 26.0 Å². The first-order valence-electron chi connectivity index (χ1n) is 6.35. The van der Waals surface area contributed by atoms with Crippen LogP contribution in [0.2, 0.25) is 0 Å². The molecule has 1 rings (SSSR count). The quantitative estimate of drug-likeness (QED) is 0.836. The Labute approximate surface area is 116 Å². The molecule has 0 radical (unpaired) electrons. The predicted molar refractivity (Wildman–Crippen MR) is 75.2 cm³/mol. The summed E-state index contributed by atoms with van der Waals surface area (Å²) in [5.74, 6) is 2.41. The Morgan fingerprint density at radius 3 is 2.21 bits per heavy atom. The van der Waals surface area contributed by atoms with Gasteiger partial charge in [0.05, 0.1) is 5.56 Å². The van der Waals surface area contributed by atoms with Gasteiger partial charge in [-0.1, -0.05) is 32.4 Å². The van der Waals surface area contributed by atoms with Gasteiger partial charge in [0.1, 0.15) is 0 Å². The van der Waals surface area contributed by atoms with Crippen molar-refractivity contribution < 1.29 is 13.2 Å². The Hall–Kier alpha value is -0.680. The number of nitrogens with two attached hydrogens (primary N) is 1. The molecule has 0 saturated carbocycles. The van der Waals surface area contributed by atoms with Crippen LogP contribution < -0.4 is 5.73 Å².